The molecule has 3 aromatic heterocycles. The Hall–Kier alpha value is -3.09. The van der Waals surface area contributed by atoms with Crippen molar-refractivity contribution in [3.8, 4) is 11.4 Å². The van der Waals surface area contributed by atoms with Gasteiger partial charge < -0.3 is 14.6 Å². The molecule has 1 N–H and O–H groups in total. The molecule has 0 amide bonds. The summed E-state index contributed by atoms with van der Waals surface area (Å²) in [6.07, 6.45) is 4.35. The normalized spacial score (nSPS) is 13.4. The van der Waals surface area contributed by atoms with E-state index in [0.717, 1.165) is 36.4 Å². The van der Waals surface area contributed by atoms with Crippen molar-refractivity contribution in [3.05, 3.63) is 87.2 Å². The summed E-state index contributed by atoms with van der Waals surface area (Å²) in [6.45, 7) is 2.15. The summed E-state index contributed by atoms with van der Waals surface area (Å²) in [5.41, 5.74) is 5.31. The monoisotopic (exact) mass is 420 g/mol. The van der Waals surface area contributed by atoms with Gasteiger partial charge >= 0.3 is 0 Å². The number of pyridine rings is 2. The number of fused-ring (bicyclic) bond motifs is 3. The van der Waals surface area contributed by atoms with Crippen molar-refractivity contribution in [2.75, 3.05) is 6.54 Å². The van der Waals surface area contributed by atoms with Gasteiger partial charge in [0, 0.05) is 43.1 Å². The second-order valence-electron chi connectivity index (χ2n) is 7.44. The molecule has 7 heteroatoms. The number of nitrogens with one attached hydrogen (secondary N) is 1. The number of rotatable bonds is 4. The second kappa shape index (κ2) is 7.63. The topological polar surface area (TPSA) is 61.1 Å². The average molecular weight is 421 g/mol. The molecular weight excluding hydrogens is 400 g/mol. The molecule has 0 saturated heterocycles. The van der Waals surface area contributed by atoms with Gasteiger partial charge in [0.15, 0.2) is 0 Å². The summed E-state index contributed by atoms with van der Waals surface area (Å²) in [5, 5.41) is 5.27. The maximum Gasteiger partial charge on any atom is 0.258 e. The fourth-order valence-corrected chi connectivity index (χ4v) is 4.16. The third-order valence-corrected chi connectivity index (χ3v) is 5.83. The van der Waals surface area contributed by atoms with Crippen molar-refractivity contribution in [1.29, 1.82) is 0 Å². The Balaban J connectivity index is 1.43. The largest absolute Gasteiger partial charge is 0.487 e. The van der Waals surface area contributed by atoms with Gasteiger partial charge in [-0.3, -0.25) is 14.3 Å². The Morgan fingerprint density at radius 1 is 1.20 bits per heavy atom. The number of benzene rings is 1. The zero-order valence-corrected chi connectivity index (χ0v) is 17.3. The molecule has 1 aliphatic rings. The Morgan fingerprint density at radius 2 is 2.10 bits per heavy atom. The second-order valence-corrected chi connectivity index (χ2v) is 7.88. The SMILES string of the molecule is Cn1c2c(c3ccc(-n4ccc(OCc5ccc(Cl)cn5)cc4=O)cc31)CCNC2. The minimum Gasteiger partial charge on any atom is -0.487 e. The standard InChI is InChI=1S/C23H21ClN4O2/c1-27-21-10-17(4-5-19(21)20-6-8-25-13-22(20)27)28-9-7-18(11-23(28)29)30-14-16-3-2-15(24)12-26-16/h2-5,7,9-12,25H,6,8,13-14H2,1H3. The lowest BCUT2D eigenvalue weighted by Gasteiger charge is -2.14. The summed E-state index contributed by atoms with van der Waals surface area (Å²) >= 11 is 5.85. The third-order valence-electron chi connectivity index (χ3n) is 5.61. The van der Waals surface area contributed by atoms with Crippen LogP contribution in [0.25, 0.3) is 16.6 Å². The number of hydrogen-bond acceptors (Lipinski definition) is 4. The lowest BCUT2D eigenvalue weighted by atomic mass is 10.0. The molecule has 4 heterocycles. The highest BCUT2D eigenvalue weighted by Crippen LogP contribution is 2.29. The summed E-state index contributed by atoms with van der Waals surface area (Å²) < 4.78 is 9.58. The van der Waals surface area contributed by atoms with E-state index in [1.165, 1.54) is 22.7 Å². The first-order valence-electron chi connectivity index (χ1n) is 9.87. The molecule has 0 bridgehead atoms. The lowest BCUT2D eigenvalue weighted by molar-refractivity contribution is 0.300. The van der Waals surface area contributed by atoms with Crippen LogP contribution in [-0.4, -0.2) is 20.7 Å². The van der Waals surface area contributed by atoms with E-state index in [1.54, 1.807) is 35.2 Å². The number of hydrogen-bond donors (Lipinski definition) is 1. The maximum absolute atomic E-state index is 12.7. The molecule has 0 fully saturated rings. The molecule has 4 aromatic rings. The first-order valence-corrected chi connectivity index (χ1v) is 10.3. The van der Waals surface area contributed by atoms with Gasteiger partial charge in [0.05, 0.1) is 21.9 Å². The number of aromatic nitrogens is 3. The fraction of sp³-hybridized carbons (Fsp3) is 0.217. The van der Waals surface area contributed by atoms with Crippen LogP contribution in [0, 0.1) is 0 Å². The van der Waals surface area contributed by atoms with Crippen LogP contribution in [-0.2, 0) is 26.6 Å². The first-order chi connectivity index (χ1) is 14.6. The van der Waals surface area contributed by atoms with E-state index in [2.05, 4.69) is 34.0 Å². The smallest absolute Gasteiger partial charge is 0.258 e. The molecule has 152 valence electrons. The summed E-state index contributed by atoms with van der Waals surface area (Å²) in [6, 6.07) is 13.1. The molecule has 0 spiro atoms. The zero-order chi connectivity index (χ0) is 20.7. The highest BCUT2D eigenvalue weighted by atomic mass is 35.5. The van der Waals surface area contributed by atoms with E-state index in [-0.39, 0.29) is 12.2 Å². The van der Waals surface area contributed by atoms with Crippen LogP contribution in [0.15, 0.2) is 59.7 Å². The summed E-state index contributed by atoms with van der Waals surface area (Å²) in [5.74, 6) is 0.509. The molecule has 0 atom stereocenters. The Bertz CT molecular complexity index is 1290. The van der Waals surface area contributed by atoms with E-state index in [4.69, 9.17) is 16.3 Å². The molecule has 0 saturated carbocycles. The number of aryl methyl sites for hydroxylation is 1. The van der Waals surface area contributed by atoms with Gasteiger partial charge in [0.25, 0.3) is 5.56 Å². The minimum absolute atomic E-state index is 0.142. The van der Waals surface area contributed by atoms with Gasteiger partial charge in [-0.05, 0) is 48.9 Å². The van der Waals surface area contributed by atoms with Gasteiger partial charge in [0.1, 0.15) is 12.4 Å². The molecular formula is C23H21ClN4O2. The van der Waals surface area contributed by atoms with E-state index in [0.29, 0.717) is 10.8 Å². The van der Waals surface area contributed by atoms with Crippen molar-refractivity contribution in [2.24, 2.45) is 7.05 Å². The minimum atomic E-state index is -0.142. The highest BCUT2D eigenvalue weighted by Gasteiger charge is 2.18. The lowest BCUT2D eigenvalue weighted by Crippen LogP contribution is -2.24. The molecule has 0 unspecified atom stereocenters. The first kappa shape index (κ1) is 18.9. The van der Waals surface area contributed by atoms with Crippen LogP contribution >= 0.6 is 11.6 Å². The number of halogens is 1. The Labute approximate surface area is 178 Å². The van der Waals surface area contributed by atoms with Gasteiger partial charge in [0.2, 0.25) is 0 Å². The van der Waals surface area contributed by atoms with Crippen LogP contribution in [0.5, 0.6) is 5.75 Å². The molecule has 0 aliphatic carbocycles. The number of ether oxygens (including phenoxy) is 1. The van der Waals surface area contributed by atoms with Crippen LogP contribution in [0.1, 0.15) is 17.0 Å². The predicted molar refractivity (Wildman–Crippen MR) is 118 cm³/mol. The predicted octanol–water partition coefficient (Wildman–Crippen LogP) is 3.60. The Morgan fingerprint density at radius 3 is 2.90 bits per heavy atom. The summed E-state index contributed by atoms with van der Waals surface area (Å²) in [4.78, 5) is 16.9. The van der Waals surface area contributed by atoms with Crippen LogP contribution in [0.2, 0.25) is 5.02 Å². The van der Waals surface area contributed by atoms with Crippen LogP contribution in [0.4, 0.5) is 0 Å². The average Bonchev–Trinajstić information content (AvgIpc) is 3.05. The van der Waals surface area contributed by atoms with E-state index >= 15 is 0 Å². The van der Waals surface area contributed by atoms with Gasteiger partial charge in [-0.25, -0.2) is 0 Å². The van der Waals surface area contributed by atoms with E-state index < -0.39 is 0 Å². The molecule has 6 nitrogen and oxygen atoms in total. The molecule has 30 heavy (non-hydrogen) atoms. The van der Waals surface area contributed by atoms with E-state index in [1.807, 2.05) is 6.07 Å². The molecule has 5 rings (SSSR count). The van der Waals surface area contributed by atoms with Crippen LogP contribution in [0.3, 0.4) is 0 Å². The van der Waals surface area contributed by atoms with Gasteiger partial charge in [-0.1, -0.05) is 17.7 Å². The zero-order valence-electron chi connectivity index (χ0n) is 16.6. The van der Waals surface area contributed by atoms with E-state index in [9.17, 15) is 4.79 Å². The molecule has 1 aromatic carbocycles. The summed E-state index contributed by atoms with van der Waals surface area (Å²) in [7, 11) is 2.09. The fourth-order valence-electron chi connectivity index (χ4n) is 4.04. The molecule has 0 radical (unpaired) electrons. The van der Waals surface area contributed by atoms with Crippen molar-refractivity contribution in [2.45, 2.75) is 19.6 Å². The van der Waals surface area contributed by atoms with Crippen molar-refractivity contribution in [3.63, 3.8) is 0 Å². The van der Waals surface area contributed by atoms with Gasteiger partial charge in [-0.2, -0.15) is 0 Å². The van der Waals surface area contributed by atoms with Crippen molar-refractivity contribution < 1.29 is 4.74 Å². The Kier molecular flexibility index (Phi) is 4.81. The van der Waals surface area contributed by atoms with Crippen molar-refractivity contribution in [1.82, 2.24) is 19.4 Å². The van der Waals surface area contributed by atoms with Crippen molar-refractivity contribution >= 4 is 22.5 Å². The maximum atomic E-state index is 12.7. The number of nitrogens with zero attached hydrogens (tertiary/aromatic N) is 3. The third kappa shape index (κ3) is 3.38. The molecule has 1 aliphatic heterocycles. The van der Waals surface area contributed by atoms with Gasteiger partial charge in [-0.15, -0.1) is 0 Å². The quantitative estimate of drug-likeness (QED) is 0.548. The van der Waals surface area contributed by atoms with Crippen LogP contribution < -0.4 is 15.6 Å². The highest BCUT2D eigenvalue weighted by molar-refractivity contribution is 6.30.